The molecule has 5 rings (SSSR count). The second-order valence-corrected chi connectivity index (χ2v) is 18.0. The quantitative estimate of drug-likeness (QED) is 0.0434. The number of ether oxygens (including phenoxy) is 2. The number of allylic oxidation sites excluding steroid dienone is 1. The van der Waals surface area contributed by atoms with Crippen LogP contribution >= 0.6 is 19.2 Å². The fourth-order valence-corrected chi connectivity index (χ4v) is 5.58. The molecule has 0 bridgehead atoms. The summed E-state index contributed by atoms with van der Waals surface area (Å²) in [6, 6.07) is 6.80. The number of imide groups is 1. The Balaban J connectivity index is 0.000000329. The second-order valence-electron chi connectivity index (χ2n) is 13.6. The first kappa shape index (κ1) is 52.6. The Bertz CT molecular complexity index is 2200. The van der Waals surface area contributed by atoms with E-state index >= 15 is 0 Å². The molecule has 1 unspecified atom stereocenters. The molecule has 1 saturated heterocycles. The van der Waals surface area contributed by atoms with Crippen LogP contribution in [0.1, 0.15) is 62.5 Å². The van der Waals surface area contributed by atoms with Crippen LogP contribution in [0.5, 0.6) is 5.75 Å². The van der Waals surface area contributed by atoms with Gasteiger partial charge in [0.15, 0.2) is 5.76 Å². The number of nitrogens with one attached hydrogen (secondary N) is 3. The number of benzene rings is 2. The number of cyclic esters (lactones) is 1. The number of carbonyl (C=O) groups is 5. The zero-order chi connectivity index (χ0) is 46.9. The molecule has 1 aliphatic carbocycles. The van der Waals surface area contributed by atoms with Crippen molar-refractivity contribution in [1.82, 2.24) is 15.7 Å². The molecule has 18 nitrogen and oxygen atoms in total. The average molecular weight is 933 g/mol. The largest absolute Gasteiger partial charge is 0.778 e. The topological polar surface area (TPSA) is 269 Å². The number of anilines is 2. The van der Waals surface area contributed by atoms with Crippen molar-refractivity contribution in [3.05, 3.63) is 93.7 Å². The third kappa shape index (κ3) is 18.2. The summed E-state index contributed by atoms with van der Waals surface area (Å²) in [5.41, 5.74) is 2.47. The Hall–Kier alpha value is -5.51. The molecule has 1 saturated carbocycles. The number of aliphatic carboxylic acids is 1. The van der Waals surface area contributed by atoms with Gasteiger partial charge in [-0.1, -0.05) is 11.6 Å². The molecule has 0 spiro atoms. The van der Waals surface area contributed by atoms with Crippen molar-refractivity contribution in [2.24, 2.45) is 5.10 Å². The summed E-state index contributed by atoms with van der Waals surface area (Å²) in [5.74, 6) is -5.37. The third-order valence-corrected chi connectivity index (χ3v) is 8.39. The summed E-state index contributed by atoms with van der Waals surface area (Å²) >= 11 is 6.04. The number of urea groups is 1. The molecule has 6 N–H and O–H groups in total. The van der Waals surface area contributed by atoms with Crippen LogP contribution in [0.3, 0.4) is 0 Å². The second kappa shape index (κ2) is 24.8. The van der Waals surface area contributed by atoms with Crippen LogP contribution in [0.2, 0.25) is 5.02 Å². The number of hydrazone groups is 1. The highest BCUT2D eigenvalue weighted by Crippen LogP contribution is 2.37. The number of aromatic nitrogens is 1. The third-order valence-electron chi connectivity index (χ3n) is 7.48. The van der Waals surface area contributed by atoms with Crippen LogP contribution in [-0.2, 0) is 29.8 Å². The maximum absolute atomic E-state index is 14.3. The van der Waals surface area contributed by atoms with Crippen LogP contribution in [0.4, 0.5) is 34.1 Å². The van der Waals surface area contributed by atoms with E-state index in [1.165, 1.54) is 31.3 Å². The average Bonchev–Trinajstić information content (AvgIpc) is 3.77. The van der Waals surface area contributed by atoms with E-state index < -0.39 is 67.8 Å². The van der Waals surface area contributed by atoms with Crippen molar-refractivity contribution in [3.63, 3.8) is 0 Å². The van der Waals surface area contributed by atoms with Gasteiger partial charge in [0, 0.05) is 24.0 Å². The fraction of sp³-hybridized carbons (Fsp3) is 0.342. The minimum absolute atomic E-state index is 0.00962. The van der Waals surface area contributed by atoms with E-state index in [0.29, 0.717) is 27.4 Å². The van der Waals surface area contributed by atoms with Crippen LogP contribution in [0, 0.1) is 17.5 Å². The first-order valence-corrected chi connectivity index (χ1v) is 22.6. The normalized spacial score (nSPS) is 14.6. The molecule has 24 heteroatoms. The van der Waals surface area contributed by atoms with Crippen LogP contribution < -0.4 is 30.6 Å². The molecule has 338 valence electrons. The lowest BCUT2D eigenvalue weighted by atomic mass is 10.1. The smallest absolute Gasteiger partial charge is 0.427 e. The van der Waals surface area contributed by atoms with E-state index in [9.17, 15) is 46.6 Å². The molecule has 1 atom stereocenters. The number of amides is 4. The highest BCUT2D eigenvalue weighted by atomic mass is 35.5. The van der Waals surface area contributed by atoms with Gasteiger partial charge in [-0.3, -0.25) is 19.9 Å². The standard InChI is InChI=1S/C17H17ClFNO4.C15H12F2N4O3.C3H8NO5P.C3H9S/c1-9(2)15-16(21)20(17(22)24-15)13-8-14(11(18)7-12(13)19)23-10-5-3-4-6-10;1-8(13-12(14(22)23)3-2-4-18-13)20-21-15(24)19-11-6-9(16)5-10(17)7-11;5-3(6)1-4-2-10(7,8)9;1-4(2)3/h7-8,10H,3-6H2,1-2H3;2-7H,1H3,(H,22,23)(H2,19,21,24);4H,1-2H2,(H,5,6)(H2,7,8,9);1-3H3/q;;;+1/p-1/b;20-8+;;. The lowest BCUT2D eigenvalue weighted by molar-refractivity contribution is -0.193. The summed E-state index contributed by atoms with van der Waals surface area (Å²) in [6.07, 6.45) is 10.3. The van der Waals surface area contributed by atoms with E-state index in [4.69, 9.17) is 36.2 Å². The molecule has 62 heavy (non-hydrogen) atoms. The van der Waals surface area contributed by atoms with Crippen molar-refractivity contribution in [2.45, 2.75) is 52.6 Å². The predicted molar refractivity (Wildman–Crippen MR) is 224 cm³/mol. The van der Waals surface area contributed by atoms with Crippen LogP contribution in [0.15, 0.2) is 65.1 Å². The molecular formula is C38H45ClF3N6O12PS. The number of nitrogens with zero attached hydrogens (tertiary/aromatic N) is 3. The van der Waals surface area contributed by atoms with Gasteiger partial charge >= 0.3 is 30.0 Å². The summed E-state index contributed by atoms with van der Waals surface area (Å²) in [5, 5.41) is 25.1. The van der Waals surface area contributed by atoms with Crippen molar-refractivity contribution in [1.29, 1.82) is 0 Å². The zero-order valence-electron chi connectivity index (χ0n) is 34.2. The van der Waals surface area contributed by atoms with Gasteiger partial charge in [-0.05, 0) is 93.3 Å². The van der Waals surface area contributed by atoms with Crippen molar-refractivity contribution in [3.8, 4) is 5.75 Å². The maximum Gasteiger partial charge on any atom is 0.427 e. The molecule has 0 radical (unpaired) electrons. The maximum atomic E-state index is 14.3. The molecule has 2 aliphatic rings. The molecule has 3 aromatic rings. The monoisotopic (exact) mass is 932 g/mol. The minimum atomic E-state index is -4.35. The Morgan fingerprint density at radius 2 is 1.65 bits per heavy atom. The summed E-state index contributed by atoms with van der Waals surface area (Å²) < 4.78 is 61.1. The van der Waals surface area contributed by atoms with Gasteiger partial charge in [-0.2, -0.15) is 5.10 Å². The summed E-state index contributed by atoms with van der Waals surface area (Å²) in [7, 11) is -3.71. The van der Waals surface area contributed by atoms with Gasteiger partial charge in [0.25, 0.3) is 0 Å². The Morgan fingerprint density at radius 3 is 2.16 bits per heavy atom. The van der Waals surface area contributed by atoms with Crippen molar-refractivity contribution < 1.29 is 71.2 Å². The first-order chi connectivity index (χ1) is 28.9. The van der Waals surface area contributed by atoms with Gasteiger partial charge in [0.2, 0.25) is 0 Å². The van der Waals surface area contributed by atoms with Gasteiger partial charge in [0.1, 0.15) is 36.5 Å². The lowest BCUT2D eigenvalue weighted by Crippen LogP contribution is -2.29. The number of carbonyl (C=O) groups excluding carboxylic acids is 3. The number of carboxylic acids is 2. The number of aromatic carboxylic acids is 1. The molecule has 2 heterocycles. The fourth-order valence-electron chi connectivity index (χ4n) is 4.99. The Morgan fingerprint density at radius 1 is 1.05 bits per heavy atom. The van der Waals surface area contributed by atoms with Crippen LogP contribution in [-0.4, -0.2) is 93.5 Å². The first-order valence-electron chi connectivity index (χ1n) is 18.0. The number of pyridine rings is 1. The SMILES string of the molecule is C/C(=N\NC(=O)Nc1cc(F)cc(F)c1)c1ncccc1C(=O)O.CC(C)=C1OC(=O)N(c2cc(OC3CCCC3)c(Cl)cc2F)C1=O.C[S+](C)C.O=C(O)CNCP(=O)([O-])O. The highest BCUT2D eigenvalue weighted by molar-refractivity contribution is 7.94. The molecule has 2 aromatic carbocycles. The summed E-state index contributed by atoms with van der Waals surface area (Å²) in [4.78, 5) is 79.4. The minimum Gasteiger partial charge on any atom is -0.778 e. The Kier molecular flexibility index (Phi) is 21.1. The number of hydrogen-bond donors (Lipinski definition) is 6. The van der Waals surface area contributed by atoms with Gasteiger partial charge < -0.3 is 39.4 Å². The van der Waals surface area contributed by atoms with E-state index in [1.54, 1.807) is 13.8 Å². The highest BCUT2D eigenvalue weighted by Gasteiger charge is 2.40. The number of rotatable bonds is 11. The van der Waals surface area contributed by atoms with E-state index in [-0.39, 0.29) is 51.0 Å². The van der Waals surface area contributed by atoms with Crippen molar-refractivity contribution in [2.75, 3.05) is 41.8 Å². The number of carboxylic acid groups (broad SMARTS) is 2. The zero-order valence-corrected chi connectivity index (χ0v) is 36.6. The molecule has 1 aliphatic heterocycles. The van der Waals surface area contributed by atoms with Gasteiger partial charge in [0.05, 0.1) is 59.7 Å². The molecule has 4 amide bonds. The molecule has 1 aromatic heterocycles. The molecular weight excluding hydrogens is 888 g/mol. The van der Waals surface area contributed by atoms with E-state index in [1.807, 2.05) is 5.32 Å². The predicted octanol–water partition coefficient (Wildman–Crippen LogP) is 5.84. The Labute approximate surface area is 362 Å². The van der Waals surface area contributed by atoms with E-state index in [0.717, 1.165) is 43.9 Å². The lowest BCUT2D eigenvalue weighted by Gasteiger charge is -2.18. The van der Waals surface area contributed by atoms with E-state index in [2.05, 4.69) is 39.6 Å². The van der Waals surface area contributed by atoms with Crippen molar-refractivity contribution >= 4 is 77.1 Å². The number of hydrogen-bond acceptors (Lipinski definition) is 12. The van der Waals surface area contributed by atoms with Gasteiger partial charge in [-0.15, -0.1) is 0 Å². The summed E-state index contributed by atoms with van der Waals surface area (Å²) in [6.45, 7) is 4.25. The van der Waals surface area contributed by atoms with Gasteiger partial charge in [-0.25, -0.2) is 37.9 Å². The van der Waals surface area contributed by atoms with Crippen LogP contribution in [0.25, 0.3) is 0 Å². The molecule has 2 fully saturated rings. The number of halogens is 4.